The van der Waals surface area contributed by atoms with Gasteiger partial charge in [0.2, 0.25) is 0 Å². The average Bonchev–Trinajstić information content (AvgIpc) is 2.56. The standard InChI is InChI=1S/C18H17Cl2NO2/c19-15-9-8-12(10-16(15)20)11-21-18(22)23-17-7-3-5-13-4-1-2-6-14(13)17/h1-2,4,6,8-10,17H,3,5,7,11H2,(H,21,22). The molecule has 3 nitrogen and oxygen atoms in total. The highest BCUT2D eigenvalue weighted by Gasteiger charge is 2.23. The summed E-state index contributed by atoms with van der Waals surface area (Å²) in [7, 11) is 0. The van der Waals surface area contributed by atoms with E-state index in [1.54, 1.807) is 12.1 Å². The van der Waals surface area contributed by atoms with Gasteiger partial charge in [-0.3, -0.25) is 0 Å². The number of halogens is 2. The minimum atomic E-state index is -0.419. The maximum atomic E-state index is 12.1. The van der Waals surface area contributed by atoms with Gasteiger partial charge >= 0.3 is 6.09 Å². The lowest BCUT2D eigenvalue weighted by Gasteiger charge is -2.25. The highest BCUT2D eigenvalue weighted by atomic mass is 35.5. The number of amides is 1. The van der Waals surface area contributed by atoms with E-state index in [0.717, 1.165) is 30.4 Å². The summed E-state index contributed by atoms with van der Waals surface area (Å²) in [5.41, 5.74) is 3.25. The van der Waals surface area contributed by atoms with Crippen molar-refractivity contribution in [1.29, 1.82) is 0 Å². The third-order valence-corrected chi connectivity index (χ3v) is 4.72. The summed E-state index contributed by atoms with van der Waals surface area (Å²) in [6.07, 6.45) is 2.34. The van der Waals surface area contributed by atoms with Crippen LogP contribution in [0.5, 0.6) is 0 Å². The zero-order chi connectivity index (χ0) is 16.2. The van der Waals surface area contributed by atoms with Gasteiger partial charge in [-0.05, 0) is 48.1 Å². The molecule has 0 saturated heterocycles. The number of nitrogens with one attached hydrogen (secondary N) is 1. The van der Waals surface area contributed by atoms with Crippen LogP contribution in [-0.4, -0.2) is 6.09 Å². The van der Waals surface area contributed by atoms with E-state index in [1.165, 1.54) is 5.56 Å². The molecule has 1 unspecified atom stereocenters. The first-order chi connectivity index (χ1) is 11.1. The molecule has 0 aliphatic heterocycles. The highest BCUT2D eigenvalue weighted by molar-refractivity contribution is 6.42. The van der Waals surface area contributed by atoms with Gasteiger partial charge in [0.1, 0.15) is 6.10 Å². The Bertz CT molecular complexity index is 718. The molecule has 0 saturated carbocycles. The van der Waals surface area contributed by atoms with Gasteiger partial charge in [-0.1, -0.05) is 53.5 Å². The van der Waals surface area contributed by atoms with Crippen LogP contribution in [0.25, 0.3) is 0 Å². The monoisotopic (exact) mass is 349 g/mol. The minimum absolute atomic E-state index is 0.172. The summed E-state index contributed by atoms with van der Waals surface area (Å²) in [5, 5.41) is 3.73. The molecule has 1 N–H and O–H groups in total. The Morgan fingerprint density at radius 1 is 1.17 bits per heavy atom. The van der Waals surface area contributed by atoms with Crippen LogP contribution in [-0.2, 0) is 17.7 Å². The highest BCUT2D eigenvalue weighted by Crippen LogP contribution is 2.32. The maximum Gasteiger partial charge on any atom is 0.408 e. The largest absolute Gasteiger partial charge is 0.441 e. The molecule has 0 spiro atoms. The second-order valence-corrected chi connectivity index (χ2v) is 6.40. The fraction of sp³-hybridized carbons (Fsp3) is 0.278. The molecule has 0 radical (unpaired) electrons. The normalized spacial score (nSPS) is 16.5. The van der Waals surface area contributed by atoms with Crippen molar-refractivity contribution in [2.75, 3.05) is 0 Å². The molecule has 3 rings (SSSR count). The number of rotatable bonds is 3. The van der Waals surface area contributed by atoms with Gasteiger partial charge in [0, 0.05) is 6.54 Å². The summed E-state index contributed by atoms with van der Waals surface area (Å²) in [4.78, 5) is 12.1. The Labute approximate surface area is 145 Å². The minimum Gasteiger partial charge on any atom is -0.441 e. The molecule has 1 atom stereocenters. The molecule has 0 heterocycles. The predicted octanol–water partition coefficient (Wildman–Crippen LogP) is 5.30. The summed E-state index contributed by atoms with van der Waals surface area (Å²) in [6.45, 7) is 0.351. The number of carbonyl (C=O) groups excluding carboxylic acids is 1. The van der Waals surface area contributed by atoms with Crippen LogP contribution < -0.4 is 5.32 Å². The lowest BCUT2D eigenvalue weighted by molar-refractivity contribution is 0.0870. The third kappa shape index (κ3) is 3.98. The molecule has 0 bridgehead atoms. The van der Waals surface area contributed by atoms with E-state index in [0.29, 0.717) is 16.6 Å². The van der Waals surface area contributed by atoms with Crippen LogP contribution in [0.3, 0.4) is 0 Å². The SMILES string of the molecule is O=C(NCc1ccc(Cl)c(Cl)c1)OC1CCCc2ccccc21. The van der Waals surface area contributed by atoms with Crippen molar-refractivity contribution >= 4 is 29.3 Å². The third-order valence-electron chi connectivity index (χ3n) is 3.98. The first-order valence-electron chi connectivity index (χ1n) is 7.59. The summed E-state index contributed by atoms with van der Waals surface area (Å²) >= 11 is 11.8. The topological polar surface area (TPSA) is 38.3 Å². The molecule has 0 aromatic heterocycles. The number of fused-ring (bicyclic) bond motifs is 1. The average molecular weight is 350 g/mol. The second-order valence-electron chi connectivity index (χ2n) is 5.59. The molecular weight excluding hydrogens is 333 g/mol. The quantitative estimate of drug-likeness (QED) is 0.816. The van der Waals surface area contributed by atoms with Crippen LogP contribution in [0.4, 0.5) is 4.79 Å². The van der Waals surface area contributed by atoms with E-state index >= 15 is 0 Å². The van der Waals surface area contributed by atoms with Gasteiger partial charge in [0.15, 0.2) is 0 Å². The van der Waals surface area contributed by atoms with Crippen LogP contribution >= 0.6 is 23.2 Å². The van der Waals surface area contributed by atoms with E-state index in [1.807, 2.05) is 24.3 Å². The smallest absolute Gasteiger partial charge is 0.408 e. The first kappa shape index (κ1) is 16.2. The van der Waals surface area contributed by atoms with Crippen molar-refractivity contribution in [2.24, 2.45) is 0 Å². The van der Waals surface area contributed by atoms with Crippen LogP contribution in [0.2, 0.25) is 10.0 Å². The van der Waals surface area contributed by atoms with Crippen LogP contribution in [0.15, 0.2) is 42.5 Å². The number of ether oxygens (including phenoxy) is 1. The van der Waals surface area contributed by atoms with Gasteiger partial charge in [0.25, 0.3) is 0 Å². The van der Waals surface area contributed by atoms with Gasteiger partial charge in [-0.15, -0.1) is 0 Å². The molecule has 0 fully saturated rings. The first-order valence-corrected chi connectivity index (χ1v) is 8.35. The Kier molecular flexibility index (Phi) is 5.09. The summed E-state index contributed by atoms with van der Waals surface area (Å²) in [5.74, 6) is 0. The zero-order valence-corrected chi connectivity index (χ0v) is 14.0. The fourth-order valence-corrected chi connectivity index (χ4v) is 3.15. The number of carbonyl (C=O) groups is 1. The number of benzene rings is 2. The summed E-state index contributed by atoms with van der Waals surface area (Å²) < 4.78 is 5.58. The Morgan fingerprint density at radius 2 is 2.00 bits per heavy atom. The Morgan fingerprint density at radius 3 is 2.83 bits per heavy atom. The predicted molar refractivity (Wildman–Crippen MR) is 91.9 cm³/mol. The lowest BCUT2D eigenvalue weighted by atomic mass is 9.89. The van der Waals surface area contributed by atoms with E-state index in [4.69, 9.17) is 27.9 Å². The molecule has 1 aliphatic rings. The molecule has 1 amide bonds. The van der Waals surface area contributed by atoms with Crippen LogP contribution in [0.1, 0.15) is 35.6 Å². The van der Waals surface area contributed by atoms with Crippen molar-refractivity contribution in [1.82, 2.24) is 5.32 Å². The Hall–Kier alpha value is -1.71. The van der Waals surface area contributed by atoms with Crippen LogP contribution in [0, 0.1) is 0 Å². The molecule has 2 aromatic carbocycles. The van der Waals surface area contributed by atoms with E-state index in [9.17, 15) is 4.79 Å². The van der Waals surface area contributed by atoms with E-state index in [2.05, 4.69) is 11.4 Å². The van der Waals surface area contributed by atoms with Crippen molar-refractivity contribution in [3.05, 3.63) is 69.2 Å². The number of aryl methyl sites for hydroxylation is 1. The van der Waals surface area contributed by atoms with Crippen molar-refractivity contribution in [3.63, 3.8) is 0 Å². The van der Waals surface area contributed by atoms with E-state index < -0.39 is 6.09 Å². The van der Waals surface area contributed by atoms with Crippen molar-refractivity contribution in [2.45, 2.75) is 31.9 Å². The lowest BCUT2D eigenvalue weighted by Crippen LogP contribution is -2.27. The summed E-state index contributed by atoms with van der Waals surface area (Å²) in [6, 6.07) is 13.4. The molecular formula is C18H17Cl2NO2. The fourth-order valence-electron chi connectivity index (χ4n) is 2.83. The number of alkyl carbamates (subject to hydrolysis) is 1. The number of hydrogen-bond donors (Lipinski definition) is 1. The molecule has 5 heteroatoms. The van der Waals surface area contributed by atoms with Crippen molar-refractivity contribution < 1.29 is 9.53 Å². The van der Waals surface area contributed by atoms with Gasteiger partial charge in [-0.25, -0.2) is 4.79 Å². The maximum absolute atomic E-state index is 12.1. The van der Waals surface area contributed by atoms with Gasteiger partial charge in [-0.2, -0.15) is 0 Å². The zero-order valence-electron chi connectivity index (χ0n) is 12.5. The van der Waals surface area contributed by atoms with E-state index in [-0.39, 0.29) is 6.10 Å². The van der Waals surface area contributed by atoms with Gasteiger partial charge < -0.3 is 10.1 Å². The van der Waals surface area contributed by atoms with Crippen molar-refractivity contribution in [3.8, 4) is 0 Å². The molecule has 23 heavy (non-hydrogen) atoms. The Balaban J connectivity index is 1.59. The molecule has 120 valence electrons. The molecule has 1 aliphatic carbocycles. The second kappa shape index (κ2) is 7.24. The number of hydrogen-bond acceptors (Lipinski definition) is 2. The molecule has 2 aromatic rings. The van der Waals surface area contributed by atoms with Gasteiger partial charge in [0.05, 0.1) is 10.0 Å².